The maximum atomic E-state index is 12.8. The van der Waals surface area contributed by atoms with Crippen molar-refractivity contribution in [2.75, 3.05) is 19.8 Å². The third-order valence-electron chi connectivity index (χ3n) is 9.88. The second kappa shape index (κ2) is 53.1. The van der Waals surface area contributed by atoms with Gasteiger partial charge in [-0.2, -0.15) is 0 Å². The fraction of sp³-hybridized carbons (Fsp3) is 0.559. The van der Waals surface area contributed by atoms with Gasteiger partial charge in [0.05, 0.1) is 13.0 Å². The zero-order valence-corrected chi connectivity index (χ0v) is 41.0. The molecule has 1 atom stereocenters. The smallest absolute Gasteiger partial charge is 0.309 e. The summed E-state index contributed by atoms with van der Waals surface area (Å²) in [5.41, 5.74) is 0. The fourth-order valence-corrected chi connectivity index (χ4v) is 6.23. The minimum absolute atomic E-state index is 0.00429. The minimum atomic E-state index is -0.608. The monoisotopic (exact) mass is 881 g/mol. The van der Waals surface area contributed by atoms with Crippen molar-refractivity contribution in [1.29, 1.82) is 0 Å². The summed E-state index contributed by atoms with van der Waals surface area (Å²) in [7, 11) is 0. The van der Waals surface area contributed by atoms with Crippen molar-refractivity contribution in [1.82, 2.24) is 0 Å². The van der Waals surface area contributed by atoms with Crippen LogP contribution in [0.2, 0.25) is 0 Å². The maximum Gasteiger partial charge on any atom is 0.309 e. The van der Waals surface area contributed by atoms with Crippen LogP contribution in [0, 0.1) is 0 Å². The number of carbonyl (C=O) groups is 2. The van der Waals surface area contributed by atoms with Crippen LogP contribution in [0.1, 0.15) is 188 Å². The van der Waals surface area contributed by atoms with Crippen LogP contribution in [0.5, 0.6) is 0 Å². The Kier molecular flexibility index (Phi) is 49.6. The van der Waals surface area contributed by atoms with Gasteiger partial charge in [0, 0.05) is 13.0 Å². The molecule has 0 spiro atoms. The Hall–Kier alpha value is -4.22. The summed E-state index contributed by atoms with van der Waals surface area (Å²) in [6.07, 6.45) is 77.4. The van der Waals surface area contributed by atoms with Crippen LogP contribution in [0.15, 0.2) is 146 Å². The van der Waals surface area contributed by atoms with Gasteiger partial charge in [0.15, 0.2) is 6.10 Å². The summed E-state index contributed by atoms with van der Waals surface area (Å²) in [5.74, 6) is -0.597. The highest BCUT2D eigenvalue weighted by Crippen LogP contribution is 2.11. The summed E-state index contributed by atoms with van der Waals surface area (Å²) in [6.45, 7) is 7.29. The summed E-state index contributed by atoms with van der Waals surface area (Å²) < 4.78 is 17.2. The van der Waals surface area contributed by atoms with Crippen molar-refractivity contribution in [3.05, 3.63) is 146 Å². The topological polar surface area (TPSA) is 61.8 Å². The molecule has 0 aliphatic rings. The van der Waals surface area contributed by atoms with Crippen molar-refractivity contribution in [3.63, 3.8) is 0 Å². The Bertz CT molecular complexity index is 1410. The van der Waals surface area contributed by atoms with E-state index in [2.05, 4.69) is 154 Å². The highest BCUT2D eigenvalue weighted by molar-refractivity contribution is 5.71. The lowest BCUT2D eigenvalue weighted by atomic mass is 10.1. The van der Waals surface area contributed by atoms with Crippen LogP contribution in [-0.4, -0.2) is 37.9 Å². The Balaban J connectivity index is 4.45. The molecule has 0 aliphatic heterocycles. The Labute approximate surface area is 393 Å². The molecule has 64 heavy (non-hydrogen) atoms. The normalized spacial score (nSPS) is 13.5. The van der Waals surface area contributed by atoms with E-state index in [1.54, 1.807) is 0 Å². The van der Waals surface area contributed by atoms with E-state index < -0.39 is 6.10 Å². The van der Waals surface area contributed by atoms with Crippen LogP contribution in [0.3, 0.4) is 0 Å². The van der Waals surface area contributed by atoms with E-state index in [9.17, 15) is 9.59 Å². The SMILES string of the molecule is CC/C=C\C/C=C\C/C=C\C/C=C\C/C=C\CC(=O)OCC(COCCCCCCCCC/C=C\C/C=C\C/C=C\C/C=C\CC)OC(=O)CCCCC/C=C\C/C=C\C/C=C\CC. The van der Waals surface area contributed by atoms with Crippen molar-refractivity contribution in [3.8, 4) is 0 Å². The highest BCUT2D eigenvalue weighted by atomic mass is 16.6. The number of unbranched alkanes of at least 4 members (excludes halogenated alkanes) is 10. The standard InChI is InChI=1S/C59H92O5/c1-4-7-10-13-16-19-22-25-27-28-29-30-31-33-36-39-42-45-48-51-54-62-55-57(64-59(61)53-50-47-44-41-38-34-24-21-18-15-12-9-6-3)56-63-58(60)52-49-46-43-40-37-35-32-26-23-20-17-14-11-8-5-2/h7-12,16-21,25-27,29-30,32,34,37-38,40,46,49,57H,4-6,13-15,22-24,28,31,33,35-36,39,41-45,47-48,50-56H2,1-3H3/b10-7-,11-8-,12-9-,19-16-,20-17-,21-18-,27-25-,30-29-,32-26-,38-34-,40-37-,49-46-. The molecule has 0 N–H and O–H groups in total. The predicted molar refractivity (Wildman–Crippen MR) is 278 cm³/mol. The van der Waals surface area contributed by atoms with E-state index >= 15 is 0 Å². The molecule has 0 aromatic carbocycles. The van der Waals surface area contributed by atoms with Crippen molar-refractivity contribution < 1.29 is 23.8 Å². The molecule has 5 nitrogen and oxygen atoms in total. The first kappa shape index (κ1) is 59.8. The average Bonchev–Trinajstić information content (AvgIpc) is 3.30. The first-order chi connectivity index (χ1) is 31.6. The molecule has 0 bridgehead atoms. The van der Waals surface area contributed by atoms with Gasteiger partial charge < -0.3 is 14.2 Å². The molecule has 0 aromatic heterocycles. The molecule has 0 heterocycles. The molecule has 358 valence electrons. The number of rotatable bonds is 44. The van der Waals surface area contributed by atoms with Crippen molar-refractivity contribution >= 4 is 11.9 Å². The quantitative estimate of drug-likeness (QED) is 0.0347. The molecule has 0 radical (unpaired) electrons. The van der Waals surface area contributed by atoms with Gasteiger partial charge >= 0.3 is 11.9 Å². The lowest BCUT2D eigenvalue weighted by Crippen LogP contribution is -2.30. The van der Waals surface area contributed by atoms with Crippen molar-refractivity contribution in [2.24, 2.45) is 0 Å². The van der Waals surface area contributed by atoms with Crippen LogP contribution >= 0.6 is 0 Å². The summed E-state index contributed by atoms with van der Waals surface area (Å²) >= 11 is 0. The van der Waals surface area contributed by atoms with Crippen LogP contribution in [0.25, 0.3) is 0 Å². The zero-order valence-electron chi connectivity index (χ0n) is 41.0. The third kappa shape index (κ3) is 50.4. The van der Waals surface area contributed by atoms with Gasteiger partial charge in [-0.3, -0.25) is 9.59 Å². The molecule has 0 rings (SSSR count). The molecule has 0 saturated carbocycles. The van der Waals surface area contributed by atoms with Crippen LogP contribution in [-0.2, 0) is 23.8 Å². The molecule has 5 heteroatoms. The molecular formula is C59H92O5. The number of esters is 2. The molecule has 0 aliphatic carbocycles. The minimum Gasteiger partial charge on any atom is -0.461 e. The lowest BCUT2D eigenvalue weighted by Gasteiger charge is -2.18. The number of allylic oxidation sites excluding steroid dienone is 23. The predicted octanol–water partition coefficient (Wildman–Crippen LogP) is 17.3. The van der Waals surface area contributed by atoms with E-state index in [0.29, 0.717) is 13.0 Å². The van der Waals surface area contributed by atoms with Gasteiger partial charge in [-0.1, -0.05) is 205 Å². The van der Waals surface area contributed by atoms with Gasteiger partial charge in [0.2, 0.25) is 0 Å². The molecule has 1 unspecified atom stereocenters. The van der Waals surface area contributed by atoms with Gasteiger partial charge in [-0.25, -0.2) is 0 Å². The van der Waals surface area contributed by atoms with E-state index in [4.69, 9.17) is 14.2 Å². The zero-order chi connectivity index (χ0) is 46.3. The number of ether oxygens (including phenoxy) is 3. The van der Waals surface area contributed by atoms with Gasteiger partial charge in [0.25, 0.3) is 0 Å². The molecule has 0 amide bonds. The van der Waals surface area contributed by atoms with Crippen LogP contribution < -0.4 is 0 Å². The Morgan fingerprint density at radius 3 is 1.12 bits per heavy atom. The second-order valence-corrected chi connectivity index (χ2v) is 15.9. The van der Waals surface area contributed by atoms with E-state index in [1.165, 1.54) is 32.1 Å². The fourth-order valence-electron chi connectivity index (χ4n) is 6.23. The van der Waals surface area contributed by atoms with Gasteiger partial charge in [0.1, 0.15) is 6.61 Å². The van der Waals surface area contributed by atoms with Crippen molar-refractivity contribution in [2.45, 2.75) is 194 Å². The first-order valence-electron chi connectivity index (χ1n) is 25.4. The van der Waals surface area contributed by atoms with Crippen LogP contribution in [0.4, 0.5) is 0 Å². The third-order valence-corrected chi connectivity index (χ3v) is 9.88. The number of hydrogen-bond acceptors (Lipinski definition) is 5. The summed E-state index contributed by atoms with van der Waals surface area (Å²) in [6, 6.07) is 0. The molecule has 0 fully saturated rings. The van der Waals surface area contributed by atoms with E-state index in [-0.39, 0.29) is 31.6 Å². The first-order valence-corrected chi connectivity index (χ1v) is 25.4. The summed E-state index contributed by atoms with van der Waals surface area (Å²) in [5, 5.41) is 0. The second-order valence-electron chi connectivity index (χ2n) is 15.9. The molecule has 0 aromatic rings. The van der Waals surface area contributed by atoms with Gasteiger partial charge in [-0.05, 0) is 116 Å². The van der Waals surface area contributed by atoms with E-state index in [1.807, 2.05) is 12.2 Å². The van der Waals surface area contributed by atoms with E-state index in [0.717, 1.165) is 122 Å². The number of carbonyl (C=O) groups excluding carboxylic acids is 2. The molecule has 0 saturated heterocycles. The summed E-state index contributed by atoms with van der Waals surface area (Å²) in [4.78, 5) is 25.3. The Morgan fingerprint density at radius 2 is 0.703 bits per heavy atom. The lowest BCUT2D eigenvalue weighted by molar-refractivity contribution is -0.162. The highest BCUT2D eigenvalue weighted by Gasteiger charge is 2.17. The number of hydrogen-bond donors (Lipinski definition) is 0. The largest absolute Gasteiger partial charge is 0.461 e. The Morgan fingerprint density at radius 1 is 0.359 bits per heavy atom. The van der Waals surface area contributed by atoms with Gasteiger partial charge in [-0.15, -0.1) is 0 Å². The average molecular weight is 881 g/mol. The molecular weight excluding hydrogens is 789 g/mol. The maximum absolute atomic E-state index is 12.8.